The largest absolute Gasteiger partial charge is 0.399 e. The first-order valence-electron chi connectivity index (χ1n) is 8.40. The van der Waals surface area contributed by atoms with E-state index in [1.54, 1.807) is 24.4 Å². The molecule has 0 aliphatic carbocycles. The topological polar surface area (TPSA) is 66.5 Å². The molecule has 5 nitrogen and oxygen atoms in total. The number of rotatable bonds is 3. The maximum atomic E-state index is 14.4. The lowest BCUT2D eigenvalue weighted by Crippen LogP contribution is -2.37. The third kappa shape index (κ3) is 2.83. The summed E-state index contributed by atoms with van der Waals surface area (Å²) in [4.78, 5) is 7.97. The van der Waals surface area contributed by atoms with Gasteiger partial charge in [0, 0.05) is 22.7 Å². The van der Waals surface area contributed by atoms with E-state index in [0.717, 1.165) is 25.6 Å². The number of hydrogen-bond donors (Lipinski definition) is 2. The molecule has 0 radical (unpaired) electrons. The molecule has 0 spiro atoms. The average molecular weight is 389 g/mol. The maximum absolute atomic E-state index is 14.4. The second-order valence-electron chi connectivity index (χ2n) is 6.93. The van der Waals surface area contributed by atoms with Crippen molar-refractivity contribution < 1.29 is 17.6 Å². The molecule has 4 aromatic rings. The van der Waals surface area contributed by atoms with E-state index in [0.29, 0.717) is 17.0 Å². The first kappa shape index (κ1) is 18.1. The summed E-state index contributed by atoms with van der Waals surface area (Å²) in [6.07, 6.45) is -2.10. The van der Waals surface area contributed by atoms with Gasteiger partial charge in [-0.25, -0.2) is 4.39 Å². The van der Waals surface area contributed by atoms with Gasteiger partial charge in [0.15, 0.2) is 5.82 Å². The zero-order valence-corrected chi connectivity index (χ0v) is 14.9. The summed E-state index contributed by atoms with van der Waals surface area (Å²) in [5, 5.41) is 10.1. The van der Waals surface area contributed by atoms with Gasteiger partial charge in [0.25, 0.3) is 0 Å². The molecule has 3 aromatic heterocycles. The Labute approximate surface area is 156 Å². The third-order valence-corrected chi connectivity index (χ3v) is 4.72. The van der Waals surface area contributed by atoms with Gasteiger partial charge in [-0.1, -0.05) is 6.07 Å². The SMILES string of the molecule is CC(C)(c1ncc(F)c2cc(Nc3n[nH]c4cccnc34)ccc12)C(F)(F)F. The van der Waals surface area contributed by atoms with Gasteiger partial charge in [0.05, 0.1) is 17.4 Å². The number of hydrogen-bond acceptors (Lipinski definition) is 4. The lowest BCUT2D eigenvalue weighted by molar-refractivity contribution is -0.180. The molecule has 0 fully saturated rings. The van der Waals surface area contributed by atoms with Crippen LogP contribution in [0.15, 0.2) is 42.7 Å². The van der Waals surface area contributed by atoms with Gasteiger partial charge in [-0.05, 0) is 38.1 Å². The molecule has 9 heteroatoms. The Morgan fingerprint density at radius 1 is 1.04 bits per heavy atom. The number of fused-ring (bicyclic) bond motifs is 2. The standard InChI is InChI=1S/C19H15F4N5/c1-18(2,19(21,22)23)16-11-6-5-10(8-12(11)13(20)9-25-16)26-17-15-14(27-28-17)4-3-7-24-15/h3-9H,1-2H3,(H2,26,27,28). The summed E-state index contributed by atoms with van der Waals surface area (Å²) in [6, 6.07) is 7.98. The van der Waals surface area contributed by atoms with Crippen LogP contribution < -0.4 is 5.32 Å². The van der Waals surface area contributed by atoms with E-state index in [1.807, 2.05) is 0 Å². The zero-order valence-electron chi connectivity index (χ0n) is 14.9. The molecular formula is C19H15F4N5. The molecule has 1 aromatic carbocycles. The van der Waals surface area contributed by atoms with Crippen LogP contribution in [0.5, 0.6) is 0 Å². The minimum Gasteiger partial charge on any atom is -0.337 e. The van der Waals surface area contributed by atoms with Gasteiger partial charge >= 0.3 is 6.18 Å². The second-order valence-corrected chi connectivity index (χ2v) is 6.93. The number of nitrogens with zero attached hydrogens (tertiary/aromatic N) is 3. The normalized spacial score (nSPS) is 12.6. The first-order valence-corrected chi connectivity index (χ1v) is 8.40. The van der Waals surface area contributed by atoms with Gasteiger partial charge in [0.1, 0.15) is 16.7 Å². The van der Waals surface area contributed by atoms with E-state index in [1.165, 1.54) is 12.1 Å². The van der Waals surface area contributed by atoms with E-state index in [4.69, 9.17) is 0 Å². The van der Waals surface area contributed by atoms with E-state index in [-0.39, 0.29) is 16.5 Å². The third-order valence-electron chi connectivity index (χ3n) is 4.72. The monoisotopic (exact) mass is 389 g/mol. The molecule has 3 heterocycles. The van der Waals surface area contributed by atoms with Crippen LogP contribution in [0.2, 0.25) is 0 Å². The number of halogens is 4. The minimum absolute atomic E-state index is 0.0418. The van der Waals surface area contributed by atoms with Crippen molar-refractivity contribution in [1.29, 1.82) is 0 Å². The summed E-state index contributed by atoms with van der Waals surface area (Å²) in [7, 11) is 0. The lowest BCUT2D eigenvalue weighted by Gasteiger charge is -2.28. The Bertz CT molecular complexity index is 1180. The smallest absolute Gasteiger partial charge is 0.337 e. The van der Waals surface area contributed by atoms with Gasteiger partial charge in [0.2, 0.25) is 0 Å². The molecular weight excluding hydrogens is 374 g/mol. The summed E-state index contributed by atoms with van der Waals surface area (Å²) in [5.41, 5.74) is -0.676. The highest BCUT2D eigenvalue weighted by Crippen LogP contribution is 2.42. The molecule has 0 atom stereocenters. The molecule has 0 aliphatic heterocycles. The Morgan fingerprint density at radius 3 is 2.57 bits per heavy atom. The van der Waals surface area contributed by atoms with Crippen molar-refractivity contribution in [1.82, 2.24) is 20.2 Å². The molecule has 4 rings (SSSR count). The minimum atomic E-state index is -4.53. The van der Waals surface area contributed by atoms with Crippen LogP contribution in [-0.4, -0.2) is 26.3 Å². The average Bonchev–Trinajstić information content (AvgIpc) is 3.04. The predicted molar refractivity (Wildman–Crippen MR) is 98.0 cm³/mol. The molecule has 28 heavy (non-hydrogen) atoms. The van der Waals surface area contributed by atoms with Crippen molar-refractivity contribution in [2.45, 2.75) is 25.4 Å². The van der Waals surface area contributed by atoms with Crippen LogP contribution in [-0.2, 0) is 5.41 Å². The van der Waals surface area contributed by atoms with Gasteiger partial charge in [-0.3, -0.25) is 15.1 Å². The quantitative estimate of drug-likeness (QED) is 0.471. The number of pyridine rings is 2. The fourth-order valence-electron chi connectivity index (χ4n) is 3.00. The van der Waals surface area contributed by atoms with E-state index in [9.17, 15) is 17.6 Å². The summed E-state index contributed by atoms with van der Waals surface area (Å²) in [6.45, 7) is 2.06. The summed E-state index contributed by atoms with van der Waals surface area (Å²) < 4.78 is 54.7. The number of benzene rings is 1. The van der Waals surface area contributed by atoms with Crippen molar-refractivity contribution in [2.24, 2.45) is 0 Å². The highest BCUT2D eigenvalue weighted by Gasteiger charge is 2.50. The summed E-state index contributed by atoms with van der Waals surface area (Å²) in [5.74, 6) is -0.273. The maximum Gasteiger partial charge on any atom is 0.399 e. The molecule has 0 aliphatic rings. The molecule has 0 bridgehead atoms. The van der Waals surface area contributed by atoms with Crippen LogP contribution in [0.3, 0.4) is 0 Å². The zero-order chi connectivity index (χ0) is 20.1. The van der Waals surface area contributed by atoms with Gasteiger partial charge in [-0.15, -0.1) is 0 Å². The molecule has 144 valence electrons. The van der Waals surface area contributed by atoms with Crippen molar-refractivity contribution in [3.8, 4) is 0 Å². The molecule has 0 unspecified atom stereocenters. The Hall–Kier alpha value is -3.23. The number of aromatic amines is 1. The Balaban J connectivity index is 1.80. The molecule has 0 amide bonds. The van der Waals surface area contributed by atoms with Gasteiger partial charge < -0.3 is 5.32 Å². The molecule has 2 N–H and O–H groups in total. The fourth-order valence-corrected chi connectivity index (χ4v) is 3.00. The fraction of sp³-hybridized carbons (Fsp3) is 0.211. The van der Waals surface area contributed by atoms with Crippen molar-refractivity contribution in [3.63, 3.8) is 0 Å². The van der Waals surface area contributed by atoms with E-state index < -0.39 is 17.4 Å². The highest BCUT2D eigenvalue weighted by molar-refractivity contribution is 5.92. The van der Waals surface area contributed by atoms with Crippen LogP contribution in [0.1, 0.15) is 19.5 Å². The number of H-pyrrole nitrogens is 1. The van der Waals surface area contributed by atoms with E-state index in [2.05, 4.69) is 25.5 Å². The van der Waals surface area contributed by atoms with Crippen molar-refractivity contribution in [2.75, 3.05) is 5.32 Å². The predicted octanol–water partition coefficient (Wildman–Crippen LogP) is 5.23. The van der Waals surface area contributed by atoms with Crippen LogP contribution in [0, 0.1) is 5.82 Å². The Morgan fingerprint density at radius 2 is 1.82 bits per heavy atom. The number of alkyl halides is 3. The second kappa shape index (κ2) is 6.15. The van der Waals surface area contributed by atoms with Crippen molar-refractivity contribution in [3.05, 3.63) is 54.2 Å². The van der Waals surface area contributed by atoms with Crippen LogP contribution >= 0.6 is 0 Å². The lowest BCUT2D eigenvalue weighted by atomic mass is 9.85. The van der Waals surface area contributed by atoms with Crippen LogP contribution in [0.25, 0.3) is 21.8 Å². The first-order chi connectivity index (χ1) is 13.2. The van der Waals surface area contributed by atoms with E-state index >= 15 is 0 Å². The number of aromatic nitrogens is 4. The number of anilines is 2. The molecule has 0 saturated carbocycles. The number of nitrogens with one attached hydrogen (secondary N) is 2. The van der Waals surface area contributed by atoms with Crippen LogP contribution in [0.4, 0.5) is 29.1 Å². The van der Waals surface area contributed by atoms with Gasteiger partial charge in [-0.2, -0.15) is 18.3 Å². The molecule has 0 saturated heterocycles. The Kier molecular flexibility index (Phi) is 3.99. The highest BCUT2D eigenvalue weighted by atomic mass is 19.4. The summed E-state index contributed by atoms with van der Waals surface area (Å²) >= 11 is 0. The van der Waals surface area contributed by atoms with Crippen molar-refractivity contribution >= 4 is 33.3 Å².